The molecular formula is C24H31F3O3. The molecule has 0 aliphatic heterocycles. The fraction of sp³-hybridized carbons (Fsp3) is 0.625. The van der Waals surface area contributed by atoms with Crippen LogP contribution in [0.25, 0.3) is 0 Å². The lowest BCUT2D eigenvalue weighted by Crippen LogP contribution is -2.54. The van der Waals surface area contributed by atoms with Crippen molar-refractivity contribution in [1.82, 2.24) is 0 Å². The standard InChI is InChI=1S/C24H31F3O3/c1-21(2)15-9-12-18-17(21)13-14-19(22(18,3)4)30-20(28)23(29-5,24(25,26)27)16-10-7-6-8-11-16/h6-8,10-11,19H,9,12-15H2,1-5H3/t19-,23-/m1/s1. The first-order chi connectivity index (χ1) is 13.9. The zero-order valence-electron chi connectivity index (χ0n) is 18.4. The van der Waals surface area contributed by atoms with Gasteiger partial charge in [0.2, 0.25) is 0 Å². The molecule has 2 aliphatic carbocycles. The fourth-order valence-electron chi connectivity index (χ4n) is 5.25. The molecule has 3 nitrogen and oxygen atoms in total. The number of rotatable bonds is 4. The van der Waals surface area contributed by atoms with Crippen molar-refractivity contribution in [2.45, 2.75) is 77.7 Å². The molecule has 0 bridgehead atoms. The molecule has 0 unspecified atom stereocenters. The van der Waals surface area contributed by atoms with E-state index in [2.05, 4.69) is 13.8 Å². The summed E-state index contributed by atoms with van der Waals surface area (Å²) in [6.07, 6.45) is -1.33. The molecule has 166 valence electrons. The number of halogens is 3. The Morgan fingerprint density at radius 2 is 1.67 bits per heavy atom. The van der Waals surface area contributed by atoms with Gasteiger partial charge in [-0.15, -0.1) is 0 Å². The van der Waals surface area contributed by atoms with Crippen LogP contribution in [0.3, 0.4) is 0 Å². The molecular weight excluding hydrogens is 393 g/mol. The number of ether oxygens (including phenoxy) is 2. The highest BCUT2D eigenvalue weighted by atomic mass is 19.4. The Bertz CT molecular complexity index is 824. The van der Waals surface area contributed by atoms with E-state index in [4.69, 9.17) is 9.47 Å². The maximum Gasteiger partial charge on any atom is 0.432 e. The zero-order valence-corrected chi connectivity index (χ0v) is 18.4. The largest absolute Gasteiger partial charge is 0.459 e. The van der Waals surface area contributed by atoms with Gasteiger partial charge in [0, 0.05) is 18.1 Å². The van der Waals surface area contributed by atoms with Crippen LogP contribution in [0.1, 0.15) is 65.4 Å². The van der Waals surface area contributed by atoms with Crippen LogP contribution < -0.4 is 0 Å². The second kappa shape index (κ2) is 7.70. The number of alkyl halides is 3. The van der Waals surface area contributed by atoms with Gasteiger partial charge < -0.3 is 9.47 Å². The van der Waals surface area contributed by atoms with Crippen LogP contribution in [-0.2, 0) is 19.9 Å². The minimum Gasteiger partial charge on any atom is -0.459 e. The third-order valence-corrected chi connectivity index (χ3v) is 7.07. The van der Waals surface area contributed by atoms with Gasteiger partial charge in [-0.2, -0.15) is 13.2 Å². The molecule has 0 N–H and O–H groups in total. The number of hydrogen-bond donors (Lipinski definition) is 0. The van der Waals surface area contributed by atoms with Gasteiger partial charge in [-0.1, -0.05) is 69.2 Å². The van der Waals surface area contributed by atoms with E-state index in [1.54, 1.807) is 6.07 Å². The van der Waals surface area contributed by atoms with Crippen LogP contribution in [0.2, 0.25) is 0 Å². The van der Waals surface area contributed by atoms with Crippen molar-refractivity contribution < 1.29 is 27.4 Å². The summed E-state index contributed by atoms with van der Waals surface area (Å²) in [5.41, 5.74) is -1.27. The molecule has 2 aliphatic rings. The maximum atomic E-state index is 14.2. The van der Waals surface area contributed by atoms with Crippen molar-refractivity contribution in [3.63, 3.8) is 0 Å². The SMILES string of the molecule is CO[C@@](C(=O)O[C@@H]1CCC2=C(CCCC2(C)C)C1(C)C)(c1ccccc1)C(F)(F)F. The highest BCUT2D eigenvalue weighted by molar-refractivity contribution is 5.83. The first-order valence-electron chi connectivity index (χ1n) is 10.5. The van der Waals surface area contributed by atoms with E-state index in [0.29, 0.717) is 6.42 Å². The number of esters is 1. The van der Waals surface area contributed by atoms with E-state index < -0.39 is 29.3 Å². The average molecular weight is 425 g/mol. The molecule has 30 heavy (non-hydrogen) atoms. The molecule has 0 spiro atoms. The van der Waals surface area contributed by atoms with Gasteiger partial charge in [-0.3, -0.25) is 0 Å². The summed E-state index contributed by atoms with van der Waals surface area (Å²) < 4.78 is 53.1. The molecule has 3 rings (SSSR count). The van der Waals surface area contributed by atoms with Gasteiger partial charge in [0.05, 0.1) is 0 Å². The molecule has 0 fully saturated rings. The Morgan fingerprint density at radius 3 is 2.23 bits per heavy atom. The summed E-state index contributed by atoms with van der Waals surface area (Å²) in [7, 11) is 0.901. The molecule has 1 aromatic rings. The normalized spacial score (nSPS) is 25.3. The average Bonchev–Trinajstić information content (AvgIpc) is 2.65. The molecule has 1 aromatic carbocycles. The maximum absolute atomic E-state index is 14.2. The summed E-state index contributed by atoms with van der Waals surface area (Å²) >= 11 is 0. The summed E-state index contributed by atoms with van der Waals surface area (Å²) in [6.45, 7) is 8.40. The van der Waals surface area contributed by atoms with Gasteiger partial charge in [0.15, 0.2) is 0 Å². The second-order valence-electron chi connectivity index (χ2n) is 9.60. The lowest BCUT2D eigenvalue weighted by molar-refractivity contribution is -0.279. The van der Waals surface area contributed by atoms with Gasteiger partial charge in [-0.25, -0.2) is 4.79 Å². The number of carbonyl (C=O) groups is 1. The third-order valence-electron chi connectivity index (χ3n) is 7.07. The molecule has 2 atom stereocenters. The van der Waals surface area contributed by atoms with Crippen LogP contribution in [-0.4, -0.2) is 25.4 Å². The molecule has 0 amide bonds. The Labute approximate surface area is 176 Å². The Kier molecular flexibility index (Phi) is 5.87. The molecule has 6 heteroatoms. The molecule has 0 heterocycles. The molecule has 0 aromatic heterocycles. The van der Waals surface area contributed by atoms with E-state index >= 15 is 0 Å². The number of carbonyl (C=O) groups excluding carboxylic acids is 1. The topological polar surface area (TPSA) is 35.5 Å². The Balaban J connectivity index is 1.97. The summed E-state index contributed by atoms with van der Waals surface area (Å²) in [6, 6.07) is 6.99. The predicted octanol–water partition coefficient (Wildman–Crippen LogP) is 6.33. The Morgan fingerprint density at radius 1 is 1.03 bits per heavy atom. The lowest BCUT2D eigenvalue weighted by Gasteiger charge is -2.48. The minimum atomic E-state index is -4.96. The first-order valence-corrected chi connectivity index (χ1v) is 10.5. The van der Waals surface area contributed by atoms with Crippen molar-refractivity contribution in [2.24, 2.45) is 10.8 Å². The van der Waals surface area contributed by atoms with Crippen LogP contribution >= 0.6 is 0 Å². The van der Waals surface area contributed by atoms with Crippen LogP contribution in [0, 0.1) is 10.8 Å². The number of benzene rings is 1. The second-order valence-corrected chi connectivity index (χ2v) is 9.60. The highest BCUT2D eigenvalue weighted by Gasteiger charge is 2.64. The van der Waals surface area contributed by atoms with E-state index in [-0.39, 0.29) is 11.0 Å². The van der Waals surface area contributed by atoms with Crippen molar-refractivity contribution in [3.05, 3.63) is 47.0 Å². The first kappa shape index (κ1) is 22.9. The van der Waals surface area contributed by atoms with Gasteiger partial charge in [-0.05, 0) is 37.5 Å². The predicted molar refractivity (Wildman–Crippen MR) is 109 cm³/mol. The summed E-state index contributed by atoms with van der Waals surface area (Å²) in [5.74, 6) is -1.40. The smallest absolute Gasteiger partial charge is 0.432 e. The molecule has 0 radical (unpaired) electrons. The quantitative estimate of drug-likeness (QED) is 0.419. The molecule has 0 saturated heterocycles. The van der Waals surface area contributed by atoms with Gasteiger partial charge in [0.1, 0.15) is 6.10 Å². The summed E-state index contributed by atoms with van der Waals surface area (Å²) in [5, 5.41) is 0. The van der Waals surface area contributed by atoms with Crippen LogP contribution in [0.4, 0.5) is 13.2 Å². The van der Waals surface area contributed by atoms with Crippen LogP contribution in [0.15, 0.2) is 41.5 Å². The number of methoxy groups -OCH3 is 1. The lowest BCUT2D eigenvalue weighted by atomic mass is 9.59. The van der Waals surface area contributed by atoms with E-state index in [0.717, 1.165) is 32.8 Å². The van der Waals surface area contributed by atoms with Crippen molar-refractivity contribution in [2.75, 3.05) is 7.11 Å². The van der Waals surface area contributed by atoms with E-state index in [1.807, 2.05) is 13.8 Å². The summed E-state index contributed by atoms with van der Waals surface area (Å²) in [4.78, 5) is 13.1. The number of hydrogen-bond acceptors (Lipinski definition) is 3. The van der Waals surface area contributed by atoms with Crippen LogP contribution in [0.5, 0.6) is 0 Å². The minimum absolute atomic E-state index is 0.0755. The van der Waals surface area contributed by atoms with E-state index in [1.165, 1.54) is 35.4 Å². The van der Waals surface area contributed by atoms with E-state index in [9.17, 15) is 18.0 Å². The highest BCUT2D eigenvalue weighted by Crippen LogP contribution is 2.54. The number of allylic oxidation sites excluding steroid dienone is 1. The molecule has 0 saturated carbocycles. The zero-order chi connectivity index (χ0) is 22.4. The third kappa shape index (κ3) is 3.57. The fourth-order valence-corrected chi connectivity index (χ4v) is 5.25. The monoisotopic (exact) mass is 424 g/mol. The van der Waals surface area contributed by atoms with Gasteiger partial charge in [0.25, 0.3) is 5.60 Å². The van der Waals surface area contributed by atoms with Gasteiger partial charge >= 0.3 is 12.1 Å². The van der Waals surface area contributed by atoms with Crippen molar-refractivity contribution in [1.29, 1.82) is 0 Å². The Hall–Kier alpha value is -1.82. The van der Waals surface area contributed by atoms with Crippen molar-refractivity contribution >= 4 is 5.97 Å². The van der Waals surface area contributed by atoms with Crippen molar-refractivity contribution in [3.8, 4) is 0 Å².